The smallest absolute Gasteiger partial charge is 0.321 e. The van der Waals surface area contributed by atoms with E-state index in [1.54, 1.807) is 43.4 Å². The van der Waals surface area contributed by atoms with Crippen molar-refractivity contribution in [2.45, 2.75) is 37.8 Å². The predicted octanol–water partition coefficient (Wildman–Crippen LogP) is 3.28. The van der Waals surface area contributed by atoms with E-state index in [1.165, 1.54) is 0 Å². The Balaban J connectivity index is 1.25. The first-order valence-corrected chi connectivity index (χ1v) is 13.7. The zero-order valence-electron chi connectivity index (χ0n) is 22.7. The van der Waals surface area contributed by atoms with Crippen molar-refractivity contribution in [3.8, 4) is 5.75 Å². The highest BCUT2D eigenvalue weighted by Crippen LogP contribution is 2.31. The Hall–Kier alpha value is -3.63. The van der Waals surface area contributed by atoms with Gasteiger partial charge >= 0.3 is 6.03 Å². The maximum absolute atomic E-state index is 13.7. The molecular weight excluding hydrogens is 496 g/mol. The van der Waals surface area contributed by atoms with Crippen LogP contribution >= 0.6 is 0 Å². The number of nitrogens with two attached hydrogens (primary N) is 1. The van der Waals surface area contributed by atoms with E-state index in [-0.39, 0.29) is 17.9 Å². The van der Waals surface area contributed by atoms with Crippen LogP contribution < -0.4 is 15.8 Å². The maximum atomic E-state index is 13.7. The predicted molar refractivity (Wildman–Crippen MR) is 150 cm³/mol. The number of carbonyl (C=O) groups excluding carboxylic acids is 2. The van der Waals surface area contributed by atoms with Crippen molar-refractivity contribution in [2.24, 2.45) is 11.7 Å². The molecule has 3 heterocycles. The molecule has 2 aliphatic rings. The Morgan fingerprint density at radius 3 is 2.62 bits per heavy atom. The third kappa shape index (κ3) is 5.86. The van der Waals surface area contributed by atoms with Crippen LogP contribution in [0.3, 0.4) is 0 Å². The fraction of sp³-hybridized carbons (Fsp3) is 0.483. The lowest BCUT2D eigenvalue weighted by atomic mass is 9.94. The van der Waals surface area contributed by atoms with Crippen LogP contribution in [0, 0.1) is 5.92 Å². The number of likely N-dealkylation sites (tertiary alicyclic amines) is 2. The second kappa shape index (κ2) is 12.0. The lowest BCUT2D eigenvalue weighted by Gasteiger charge is -2.35. The molecule has 1 unspecified atom stereocenters. The Bertz CT molecular complexity index is 1290. The lowest BCUT2D eigenvalue weighted by Crippen LogP contribution is -2.47. The molecule has 208 valence electrons. The summed E-state index contributed by atoms with van der Waals surface area (Å²) in [5.74, 6) is 1.48. The van der Waals surface area contributed by atoms with Gasteiger partial charge in [-0.1, -0.05) is 12.1 Å². The van der Waals surface area contributed by atoms with Crippen LogP contribution in [-0.2, 0) is 16.1 Å². The van der Waals surface area contributed by atoms with Crippen LogP contribution in [-0.4, -0.2) is 84.3 Å². The second-order valence-corrected chi connectivity index (χ2v) is 10.4. The molecule has 10 heteroatoms. The molecule has 2 aliphatic heterocycles. The number of methoxy groups -OCH3 is 2. The van der Waals surface area contributed by atoms with Crippen LogP contribution in [0.2, 0.25) is 0 Å². The summed E-state index contributed by atoms with van der Waals surface area (Å²) in [6.07, 6.45) is 2.77. The van der Waals surface area contributed by atoms with Gasteiger partial charge in [0.1, 0.15) is 11.6 Å². The number of para-hydroxylation sites is 2. The minimum atomic E-state index is -0.425. The molecule has 0 radical (unpaired) electrons. The highest BCUT2D eigenvalue weighted by molar-refractivity contribution is 5.91. The first kappa shape index (κ1) is 27.0. The van der Waals surface area contributed by atoms with Gasteiger partial charge < -0.3 is 34.9 Å². The molecule has 10 nitrogen and oxygen atoms in total. The number of hydrogen-bond acceptors (Lipinski definition) is 6. The molecule has 0 spiro atoms. The first-order chi connectivity index (χ1) is 19.0. The molecule has 0 bridgehead atoms. The van der Waals surface area contributed by atoms with Crippen molar-refractivity contribution in [1.29, 1.82) is 0 Å². The lowest BCUT2D eigenvalue weighted by molar-refractivity contribution is -0.136. The molecular formula is C29H38N6O4. The van der Waals surface area contributed by atoms with Gasteiger partial charge in [-0.3, -0.25) is 4.79 Å². The van der Waals surface area contributed by atoms with Gasteiger partial charge in [-0.15, -0.1) is 0 Å². The molecule has 3 amide bonds. The number of hydrogen-bond donors (Lipinski definition) is 2. The van der Waals surface area contributed by atoms with E-state index in [0.717, 1.165) is 42.7 Å². The van der Waals surface area contributed by atoms with E-state index < -0.39 is 12.0 Å². The number of ether oxygens (including phenoxy) is 2. The average molecular weight is 535 g/mol. The molecule has 1 aromatic heterocycles. The SMILES string of the molecule is COCCCn1c(C2CCCN(C(=O)[C@@H]3CN(C(=O)Nc4ccc(OC)cc4)C[C@H]3N)C2)nc2ccccc21. The van der Waals surface area contributed by atoms with E-state index in [4.69, 9.17) is 20.2 Å². The van der Waals surface area contributed by atoms with E-state index in [1.807, 2.05) is 23.1 Å². The van der Waals surface area contributed by atoms with E-state index in [9.17, 15) is 9.59 Å². The maximum Gasteiger partial charge on any atom is 0.321 e. The molecule has 0 saturated carbocycles. The van der Waals surface area contributed by atoms with Crippen LogP contribution in [0.1, 0.15) is 31.0 Å². The van der Waals surface area contributed by atoms with Gasteiger partial charge in [-0.25, -0.2) is 9.78 Å². The largest absolute Gasteiger partial charge is 0.497 e. The van der Waals surface area contributed by atoms with Crippen LogP contribution in [0.5, 0.6) is 5.75 Å². The number of nitrogens with zero attached hydrogens (tertiary/aromatic N) is 4. The van der Waals surface area contributed by atoms with Gasteiger partial charge in [0, 0.05) is 64.1 Å². The summed E-state index contributed by atoms with van der Waals surface area (Å²) in [5.41, 5.74) is 9.18. The molecule has 3 aromatic rings. The van der Waals surface area contributed by atoms with Crippen molar-refractivity contribution >= 4 is 28.7 Å². The summed E-state index contributed by atoms with van der Waals surface area (Å²) in [6, 6.07) is 14.7. The quantitative estimate of drug-likeness (QED) is 0.429. The fourth-order valence-electron chi connectivity index (χ4n) is 5.76. The number of aryl methyl sites for hydroxylation is 1. The molecule has 2 saturated heterocycles. The van der Waals surface area contributed by atoms with Gasteiger partial charge in [0.05, 0.1) is 24.1 Å². The van der Waals surface area contributed by atoms with Crippen molar-refractivity contribution in [1.82, 2.24) is 19.4 Å². The number of piperidine rings is 1. The number of rotatable bonds is 8. The number of amides is 3. The monoisotopic (exact) mass is 534 g/mol. The Morgan fingerprint density at radius 2 is 1.85 bits per heavy atom. The van der Waals surface area contributed by atoms with Crippen molar-refractivity contribution in [2.75, 3.05) is 52.3 Å². The zero-order valence-corrected chi connectivity index (χ0v) is 22.7. The van der Waals surface area contributed by atoms with E-state index in [0.29, 0.717) is 44.2 Å². The number of imidazole rings is 1. The first-order valence-electron chi connectivity index (χ1n) is 13.7. The minimum Gasteiger partial charge on any atom is -0.497 e. The van der Waals surface area contributed by atoms with Crippen LogP contribution in [0.25, 0.3) is 11.0 Å². The zero-order chi connectivity index (χ0) is 27.4. The molecule has 2 aromatic carbocycles. The molecule has 0 aliphatic carbocycles. The molecule has 2 fully saturated rings. The Morgan fingerprint density at radius 1 is 1.05 bits per heavy atom. The molecule has 5 rings (SSSR count). The molecule has 3 atom stereocenters. The normalized spacial score (nSPS) is 21.4. The summed E-state index contributed by atoms with van der Waals surface area (Å²) < 4.78 is 12.7. The third-order valence-electron chi connectivity index (χ3n) is 7.82. The van der Waals surface area contributed by atoms with Crippen molar-refractivity contribution < 1.29 is 19.1 Å². The number of aromatic nitrogens is 2. The number of carbonyl (C=O) groups is 2. The topological polar surface area (TPSA) is 115 Å². The standard InChI is InChI=1S/C29H38N6O4/c1-38-16-6-15-35-26-9-4-3-8-25(26)32-27(35)20-7-5-14-33(17-20)28(36)23-18-34(19-24(23)30)29(37)31-21-10-12-22(39-2)13-11-21/h3-4,8-13,20,23-24H,5-7,14-19,30H2,1-2H3,(H,31,37)/t20?,23-,24-/m1/s1. The van der Waals surface area contributed by atoms with Crippen LogP contribution in [0.15, 0.2) is 48.5 Å². The van der Waals surface area contributed by atoms with Gasteiger partial charge in [0.25, 0.3) is 0 Å². The summed E-state index contributed by atoms with van der Waals surface area (Å²) in [6.45, 7) is 3.45. The van der Waals surface area contributed by atoms with E-state index in [2.05, 4.69) is 16.0 Å². The van der Waals surface area contributed by atoms with Crippen molar-refractivity contribution in [3.63, 3.8) is 0 Å². The van der Waals surface area contributed by atoms with E-state index >= 15 is 0 Å². The number of fused-ring (bicyclic) bond motifs is 1. The van der Waals surface area contributed by atoms with Crippen molar-refractivity contribution in [3.05, 3.63) is 54.4 Å². The van der Waals surface area contributed by atoms with Gasteiger partial charge in [-0.05, 0) is 55.7 Å². The summed E-state index contributed by atoms with van der Waals surface area (Å²) in [5, 5.41) is 2.89. The second-order valence-electron chi connectivity index (χ2n) is 10.4. The van der Waals surface area contributed by atoms with Gasteiger partial charge in [0.15, 0.2) is 0 Å². The van der Waals surface area contributed by atoms with Gasteiger partial charge in [0.2, 0.25) is 5.91 Å². The van der Waals surface area contributed by atoms with Gasteiger partial charge in [-0.2, -0.15) is 0 Å². The Labute approximate surface area is 229 Å². The summed E-state index contributed by atoms with van der Waals surface area (Å²) in [7, 11) is 3.31. The molecule has 39 heavy (non-hydrogen) atoms. The number of urea groups is 1. The fourth-order valence-corrected chi connectivity index (χ4v) is 5.76. The summed E-state index contributed by atoms with van der Waals surface area (Å²) in [4.78, 5) is 35.2. The highest BCUT2D eigenvalue weighted by Gasteiger charge is 2.41. The Kier molecular flexibility index (Phi) is 8.33. The average Bonchev–Trinajstić information content (AvgIpc) is 3.54. The van der Waals surface area contributed by atoms with Crippen LogP contribution in [0.4, 0.5) is 10.5 Å². The highest BCUT2D eigenvalue weighted by atomic mass is 16.5. The number of nitrogens with one attached hydrogen (secondary N) is 1. The minimum absolute atomic E-state index is 0.0222. The third-order valence-corrected chi connectivity index (χ3v) is 7.82. The number of anilines is 1. The number of benzene rings is 2. The summed E-state index contributed by atoms with van der Waals surface area (Å²) >= 11 is 0. The molecule has 3 N–H and O–H groups in total.